The topological polar surface area (TPSA) is 29.3 Å². The summed E-state index contributed by atoms with van der Waals surface area (Å²) >= 11 is 0. The van der Waals surface area contributed by atoms with Crippen molar-refractivity contribution in [3.8, 4) is 0 Å². The fraction of sp³-hybridized carbons (Fsp3) is 1.00. The van der Waals surface area contributed by atoms with E-state index in [-0.39, 0.29) is 30.9 Å². The van der Waals surface area contributed by atoms with Gasteiger partial charge in [-0.25, -0.2) is 4.39 Å². The molecule has 0 aromatic rings. The standard InChI is InChI=1S/C6H13FN2.2ClH/c1-9-3-2-5(7)6(8)4-9;;/h5-6H,2-4,8H2,1H3;2*1H/t5-,6+;;/m1../s1. The summed E-state index contributed by atoms with van der Waals surface area (Å²) in [5.41, 5.74) is 5.45. The molecule has 0 spiro atoms. The van der Waals surface area contributed by atoms with Gasteiger partial charge in [-0.2, -0.15) is 0 Å². The van der Waals surface area contributed by atoms with E-state index in [1.807, 2.05) is 7.05 Å². The van der Waals surface area contributed by atoms with Crippen molar-refractivity contribution in [2.24, 2.45) is 5.73 Å². The van der Waals surface area contributed by atoms with Gasteiger partial charge in [0.2, 0.25) is 0 Å². The van der Waals surface area contributed by atoms with E-state index >= 15 is 0 Å². The van der Waals surface area contributed by atoms with Gasteiger partial charge in [0.05, 0.1) is 0 Å². The maximum absolute atomic E-state index is 12.6. The largest absolute Gasteiger partial charge is 0.324 e. The quantitative estimate of drug-likeness (QED) is 0.634. The molecule has 11 heavy (non-hydrogen) atoms. The first-order chi connectivity index (χ1) is 4.20. The number of alkyl halides is 1. The molecule has 1 aliphatic heterocycles. The lowest BCUT2D eigenvalue weighted by Gasteiger charge is -2.29. The van der Waals surface area contributed by atoms with Crippen LogP contribution in [-0.4, -0.2) is 37.3 Å². The van der Waals surface area contributed by atoms with Gasteiger partial charge in [-0.05, 0) is 13.5 Å². The average Bonchev–Trinajstić information content (AvgIpc) is 1.80. The van der Waals surface area contributed by atoms with Gasteiger partial charge in [0.25, 0.3) is 0 Å². The molecule has 1 heterocycles. The Morgan fingerprint density at radius 2 is 2.00 bits per heavy atom. The molecule has 0 aliphatic carbocycles. The maximum atomic E-state index is 12.6. The lowest BCUT2D eigenvalue weighted by atomic mass is 10.1. The van der Waals surface area contributed by atoms with Crippen molar-refractivity contribution in [3.05, 3.63) is 0 Å². The Balaban J connectivity index is 0. The first-order valence-electron chi connectivity index (χ1n) is 3.28. The number of halogens is 3. The molecule has 0 saturated carbocycles. The highest BCUT2D eigenvalue weighted by molar-refractivity contribution is 5.85. The van der Waals surface area contributed by atoms with Gasteiger partial charge in [-0.3, -0.25) is 0 Å². The van der Waals surface area contributed by atoms with Gasteiger partial charge in [0.1, 0.15) is 6.17 Å². The summed E-state index contributed by atoms with van der Waals surface area (Å²) in [4.78, 5) is 2.06. The zero-order chi connectivity index (χ0) is 6.85. The fourth-order valence-electron chi connectivity index (χ4n) is 1.12. The Morgan fingerprint density at radius 3 is 2.36 bits per heavy atom. The van der Waals surface area contributed by atoms with Gasteiger partial charge in [-0.1, -0.05) is 0 Å². The molecule has 1 saturated heterocycles. The van der Waals surface area contributed by atoms with Gasteiger partial charge >= 0.3 is 0 Å². The Morgan fingerprint density at radius 1 is 1.45 bits per heavy atom. The first kappa shape index (κ1) is 14.0. The van der Waals surface area contributed by atoms with E-state index < -0.39 is 6.17 Å². The summed E-state index contributed by atoms with van der Waals surface area (Å²) in [6, 6.07) is -0.260. The maximum Gasteiger partial charge on any atom is 0.118 e. The number of likely N-dealkylation sites (tertiary alicyclic amines) is 1. The van der Waals surface area contributed by atoms with Crippen LogP contribution in [-0.2, 0) is 0 Å². The molecule has 2 atom stereocenters. The van der Waals surface area contributed by atoms with Gasteiger partial charge in [-0.15, -0.1) is 24.8 Å². The Hall–Kier alpha value is 0.430. The zero-order valence-corrected chi connectivity index (χ0v) is 8.13. The minimum absolute atomic E-state index is 0. The van der Waals surface area contributed by atoms with E-state index in [1.54, 1.807) is 0 Å². The molecule has 70 valence electrons. The third kappa shape index (κ3) is 4.11. The predicted molar refractivity (Wildman–Crippen MR) is 49.5 cm³/mol. The predicted octanol–water partition coefficient (Wildman–Crippen LogP) is 0.831. The van der Waals surface area contributed by atoms with Crippen LogP contribution in [0.1, 0.15) is 6.42 Å². The molecule has 1 fully saturated rings. The lowest BCUT2D eigenvalue weighted by molar-refractivity contribution is 0.148. The monoisotopic (exact) mass is 204 g/mol. The third-order valence-electron chi connectivity index (χ3n) is 1.77. The highest BCUT2D eigenvalue weighted by Crippen LogP contribution is 2.10. The summed E-state index contributed by atoms with van der Waals surface area (Å²) in [5, 5.41) is 0. The molecule has 2 nitrogen and oxygen atoms in total. The first-order valence-corrected chi connectivity index (χ1v) is 3.28. The van der Waals surface area contributed by atoms with Crippen LogP contribution in [0.4, 0.5) is 4.39 Å². The molecular weight excluding hydrogens is 190 g/mol. The molecule has 0 aromatic heterocycles. The molecule has 0 aromatic carbocycles. The van der Waals surface area contributed by atoms with Crippen molar-refractivity contribution < 1.29 is 4.39 Å². The van der Waals surface area contributed by atoms with E-state index in [0.29, 0.717) is 13.0 Å². The van der Waals surface area contributed by atoms with E-state index in [1.165, 1.54) is 0 Å². The molecular formula is C6H15Cl2FN2. The summed E-state index contributed by atoms with van der Waals surface area (Å²) in [6.07, 6.45) is -0.182. The Bertz CT molecular complexity index is 105. The molecule has 1 rings (SSSR count). The number of piperidine rings is 1. The molecule has 5 heteroatoms. The number of rotatable bonds is 0. The van der Waals surface area contributed by atoms with Crippen LogP contribution >= 0.6 is 24.8 Å². The van der Waals surface area contributed by atoms with Crippen molar-refractivity contribution in [1.29, 1.82) is 0 Å². The third-order valence-corrected chi connectivity index (χ3v) is 1.77. The minimum Gasteiger partial charge on any atom is -0.324 e. The van der Waals surface area contributed by atoms with Crippen LogP contribution in [0.15, 0.2) is 0 Å². The van der Waals surface area contributed by atoms with Gasteiger partial charge in [0, 0.05) is 19.1 Å². The smallest absolute Gasteiger partial charge is 0.118 e. The second kappa shape index (κ2) is 6.00. The van der Waals surface area contributed by atoms with Crippen LogP contribution in [0.25, 0.3) is 0 Å². The summed E-state index contributed by atoms with van der Waals surface area (Å²) in [5.74, 6) is 0. The highest BCUT2D eigenvalue weighted by Gasteiger charge is 2.23. The molecule has 0 bridgehead atoms. The summed E-state index contributed by atoms with van der Waals surface area (Å²) < 4.78 is 12.6. The second-order valence-electron chi connectivity index (χ2n) is 2.73. The molecule has 1 aliphatic rings. The molecule has 0 radical (unpaired) electrons. The molecule has 0 unspecified atom stereocenters. The van der Waals surface area contributed by atoms with Crippen LogP contribution in [0.2, 0.25) is 0 Å². The lowest BCUT2D eigenvalue weighted by Crippen LogP contribution is -2.47. The van der Waals surface area contributed by atoms with Gasteiger partial charge in [0.15, 0.2) is 0 Å². The normalized spacial score (nSPS) is 31.9. The van der Waals surface area contributed by atoms with Crippen molar-refractivity contribution >= 4 is 24.8 Å². The van der Waals surface area contributed by atoms with Crippen molar-refractivity contribution in [3.63, 3.8) is 0 Å². The summed E-state index contributed by atoms with van der Waals surface area (Å²) in [6.45, 7) is 1.54. The Labute approximate surface area is 79.1 Å². The SMILES string of the molecule is CN1CC[C@@H](F)[C@@H](N)C1.Cl.Cl. The number of likely N-dealkylation sites (N-methyl/N-ethyl adjacent to an activating group) is 1. The molecule has 2 N–H and O–H groups in total. The van der Waals surface area contributed by atoms with Crippen molar-refractivity contribution in [2.75, 3.05) is 20.1 Å². The van der Waals surface area contributed by atoms with Crippen LogP contribution in [0.3, 0.4) is 0 Å². The van der Waals surface area contributed by atoms with E-state index in [9.17, 15) is 4.39 Å². The second-order valence-corrected chi connectivity index (χ2v) is 2.73. The number of nitrogens with zero attached hydrogens (tertiary/aromatic N) is 1. The Kier molecular flexibility index (Phi) is 7.63. The highest BCUT2D eigenvalue weighted by atomic mass is 35.5. The fourth-order valence-corrected chi connectivity index (χ4v) is 1.12. The van der Waals surface area contributed by atoms with Crippen molar-refractivity contribution in [1.82, 2.24) is 4.90 Å². The zero-order valence-electron chi connectivity index (χ0n) is 6.50. The molecule has 0 amide bonds. The van der Waals surface area contributed by atoms with Gasteiger partial charge < -0.3 is 10.6 Å². The minimum atomic E-state index is -0.777. The summed E-state index contributed by atoms with van der Waals surface area (Å²) in [7, 11) is 1.96. The van der Waals surface area contributed by atoms with E-state index in [2.05, 4.69) is 4.90 Å². The van der Waals surface area contributed by atoms with Crippen molar-refractivity contribution in [2.45, 2.75) is 18.6 Å². The van der Waals surface area contributed by atoms with E-state index in [4.69, 9.17) is 5.73 Å². The number of hydrogen-bond acceptors (Lipinski definition) is 2. The number of hydrogen-bond donors (Lipinski definition) is 1. The number of nitrogens with two attached hydrogens (primary N) is 1. The average molecular weight is 205 g/mol. The van der Waals surface area contributed by atoms with Crippen LogP contribution < -0.4 is 5.73 Å². The van der Waals surface area contributed by atoms with E-state index in [0.717, 1.165) is 6.54 Å². The van der Waals surface area contributed by atoms with Crippen LogP contribution in [0, 0.1) is 0 Å². The van der Waals surface area contributed by atoms with Crippen LogP contribution in [0.5, 0.6) is 0 Å².